The van der Waals surface area contributed by atoms with Crippen molar-refractivity contribution in [3.05, 3.63) is 84.4 Å². The summed E-state index contributed by atoms with van der Waals surface area (Å²) in [4.78, 5) is 12.5. The van der Waals surface area contributed by atoms with E-state index in [0.717, 1.165) is 17.4 Å². The van der Waals surface area contributed by atoms with Gasteiger partial charge in [0.25, 0.3) is 5.91 Å². The van der Waals surface area contributed by atoms with Crippen molar-refractivity contribution in [2.24, 2.45) is 0 Å². The van der Waals surface area contributed by atoms with Crippen LogP contribution in [0.25, 0.3) is 11.1 Å². The summed E-state index contributed by atoms with van der Waals surface area (Å²) in [6.45, 7) is 0. The SMILES string of the molecule is CS(=O)(=O)Nc1ccc(-c2ccccc2)cc1NC(=O)c1ccccc1. The number of carbonyl (C=O) groups is 1. The molecule has 0 aliphatic heterocycles. The molecule has 0 bridgehead atoms. The molecule has 2 N–H and O–H groups in total. The van der Waals surface area contributed by atoms with Gasteiger partial charge < -0.3 is 5.32 Å². The van der Waals surface area contributed by atoms with Crippen LogP contribution in [0.4, 0.5) is 11.4 Å². The molecular weight excluding hydrogens is 348 g/mol. The van der Waals surface area contributed by atoms with Crippen LogP contribution in [-0.2, 0) is 10.0 Å². The molecule has 0 spiro atoms. The number of sulfonamides is 1. The molecule has 0 aliphatic rings. The number of rotatable bonds is 5. The highest BCUT2D eigenvalue weighted by molar-refractivity contribution is 7.92. The van der Waals surface area contributed by atoms with E-state index in [1.54, 1.807) is 42.5 Å². The van der Waals surface area contributed by atoms with Crippen molar-refractivity contribution in [2.45, 2.75) is 0 Å². The second kappa shape index (κ2) is 7.41. The van der Waals surface area contributed by atoms with E-state index in [9.17, 15) is 13.2 Å². The summed E-state index contributed by atoms with van der Waals surface area (Å²) in [6.07, 6.45) is 1.07. The highest BCUT2D eigenvalue weighted by Gasteiger charge is 2.13. The average Bonchev–Trinajstić information content (AvgIpc) is 2.63. The summed E-state index contributed by atoms with van der Waals surface area (Å²) in [5.41, 5.74) is 3.03. The monoisotopic (exact) mass is 366 g/mol. The minimum atomic E-state index is -3.48. The molecule has 3 aromatic carbocycles. The lowest BCUT2D eigenvalue weighted by atomic mass is 10.0. The molecule has 0 saturated heterocycles. The molecule has 0 unspecified atom stereocenters. The quantitative estimate of drug-likeness (QED) is 0.717. The Morgan fingerprint density at radius 1 is 0.769 bits per heavy atom. The number of amides is 1. The predicted octanol–water partition coefficient (Wildman–Crippen LogP) is 3.98. The predicted molar refractivity (Wildman–Crippen MR) is 105 cm³/mol. The Hall–Kier alpha value is -3.12. The molecule has 0 radical (unpaired) electrons. The zero-order valence-corrected chi connectivity index (χ0v) is 15.0. The molecule has 0 atom stereocenters. The number of carbonyl (C=O) groups excluding carboxylic acids is 1. The van der Waals surface area contributed by atoms with Gasteiger partial charge in [-0.25, -0.2) is 8.42 Å². The maximum absolute atomic E-state index is 12.5. The lowest BCUT2D eigenvalue weighted by molar-refractivity contribution is 0.102. The van der Waals surface area contributed by atoms with E-state index in [-0.39, 0.29) is 5.91 Å². The number of benzene rings is 3. The lowest BCUT2D eigenvalue weighted by Crippen LogP contribution is -2.16. The topological polar surface area (TPSA) is 75.3 Å². The Bertz CT molecular complexity index is 1020. The van der Waals surface area contributed by atoms with Crippen LogP contribution in [0.1, 0.15) is 10.4 Å². The Labute approximate surface area is 152 Å². The van der Waals surface area contributed by atoms with Crippen molar-refractivity contribution in [2.75, 3.05) is 16.3 Å². The molecule has 0 heterocycles. The Morgan fingerprint density at radius 3 is 2.00 bits per heavy atom. The minimum Gasteiger partial charge on any atom is -0.320 e. The molecule has 3 rings (SSSR count). The fourth-order valence-electron chi connectivity index (χ4n) is 2.53. The molecular formula is C20H18N2O3S. The van der Waals surface area contributed by atoms with Crippen LogP contribution in [0.3, 0.4) is 0 Å². The van der Waals surface area contributed by atoms with E-state index in [4.69, 9.17) is 0 Å². The third-order valence-corrected chi connectivity index (χ3v) is 4.30. The van der Waals surface area contributed by atoms with Crippen LogP contribution >= 0.6 is 0 Å². The van der Waals surface area contributed by atoms with Gasteiger partial charge in [-0.3, -0.25) is 9.52 Å². The van der Waals surface area contributed by atoms with Crippen LogP contribution in [0.2, 0.25) is 0 Å². The summed E-state index contributed by atoms with van der Waals surface area (Å²) in [7, 11) is -3.48. The summed E-state index contributed by atoms with van der Waals surface area (Å²) in [6, 6.07) is 23.6. The summed E-state index contributed by atoms with van der Waals surface area (Å²) in [5, 5.41) is 2.79. The molecule has 0 aliphatic carbocycles. The van der Waals surface area contributed by atoms with Crippen molar-refractivity contribution in [3.8, 4) is 11.1 Å². The van der Waals surface area contributed by atoms with Crippen LogP contribution in [0, 0.1) is 0 Å². The minimum absolute atomic E-state index is 0.313. The molecule has 3 aromatic rings. The van der Waals surface area contributed by atoms with Crippen LogP contribution in [0.15, 0.2) is 78.9 Å². The van der Waals surface area contributed by atoms with E-state index in [1.165, 1.54) is 0 Å². The highest BCUT2D eigenvalue weighted by Crippen LogP contribution is 2.30. The highest BCUT2D eigenvalue weighted by atomic mass is 32.2. The van der Waals surface area contributed by atoms with Crippen molar-refractivity contribution >= 4 is 27.3 Å². The zero-order chi connectivity index (χ0) is 18.6. The number of hydrogen-bond donors (Lipinski definition) is 2. The van der Waals surface area contributed by atoms with Crippen LogP contribution in [-0.4, -0.2) is 20.6 Å². The second-order valence-corrected chi connectivity index (χ2v) is 7.57. The van der Waals surface area contributed by atoms with Gasteiger partial charge >= 0.3 is 0 Å². The Balaban J connectivity index is 2.00. The Kier molecular flexibility index (Phi) is 5.04. The van der Waals surface area contributed by atoms with Gasteiger partial charge in [0.2, 0.25) is 10.0 Å². The van der Waals surface area contributed by atoms with Gasteiger partial charge in [0.05, 0.1) is 17.6 Å². The third kappa shape index (κ3) is 4.49. The summed E-state index contributed by atoms with van der Waals surface area (Å²) >= 11 is 0. The van der Waals surface area contributed by atoms with Crippen molar-refractivity contribution in [1.29, 1.82) is 0 Å². The first kappa shape index (κ1) is 17.7. The van der Waals surface area contributed by atoms with Crippen LogP contribution in [0.5, 0.6) is 0 Å². The van der Waals surface area contributed by atoms with Crippen LogP contribution < -0.4 is 10.0 Å². The van der Waals surface area contributed by atoms with Gasteiger partial charge in [-0.05, 0) is 35.4 Å². The molecule has 26 heavy (non-hydrogen) atoms. The van der Waals surface area contributed by atoms with E-state index in [0.29, 0.717) is 16.9 Å². The van der Waals surface area contributed by atoms with E-state index in [1.807, 2.05) is 36.4 Å². The van der Waals surface area contributed by atoms with Crippen molar-refractivity contribution in [1.82, 2.24) is 0 Å². The van der Waals surface area contributed by atoms with Crippen molar-refractivity contribution in [3.63, 3.8) is 0 Å². The fraction of sp³-hybridized carbons (Fsp3) is 0.0500. The van der Waals surface area contributed by atoms with Gasteiger partial charge in [0, 0.05) is 5.56 Å². The smallest absolute Gasteiger partial charge is 0.255 e. The first-order valence-corrected chi connectivity index (χ1v) is 9.85. The molecule has 132 valence electrons. The van der Waals surface area contributed by atoms with E-state index < -0.39 is 10.0 Å². The molecule has 0 saturated carbocycles. The molecule has 1 amide bonds. The largest absolute Gasteiger partial charge is 0.320 e. The average molecular weight is 366 g/mol. The van der Waals surface area contributed by atoms with Gasteiger partial charge in [0.1, 0.15) is 0 Å². The fourth-order valence-corrected chi connectivity index (χ4v) is 3.11. The number of hydrogen-bond acceptors (Lipinski definition) is 3. The van der Waals surface area contributed by atoms with Gasteiger partial charge in [-0.2, -0.15) is 0 Å². The summed E-state index contributed by atoms with van der Waals surface area (Å²) < 4.78 is 25.7. The zero-order valence-electron chi connectivity index (χ0n) is 14.1. The van der Waals surface area contributed by atoms with Crippen molar-refractivity contribution < 1.29 is 13.2 Å². The Morgan fingerprint density at radius 2 is 1.38 bits per heavy atom. The van der Waals surface area contributed by atoms with Gasteiger partial charge in [-0.15, -0.1) is 0 Å². The number of anilines is 2. The molecule has 5 nitrogen and oxygen atoms in total. The summed E-state index contributed by atoms with van der Waals surface area (Å²) in [5.74, 6) is -0.313. The van der Waals surface area contributed by atoms with Gasteiger partial charge in [-0.1, -0.05) is 54.6 Å². The normalized spacial score (nSPS) is 11.0. The first-order valence-electron chi connectivity index (χ1n) is 7.96. The van der Waals surface area contributed by atoms with E-state index in [2.05, 4.69) is 10.0 Å². The van der Waals surface area contributed by atoms with Gasteiger partial charge in [0.15, 0.2) is 0 Å². The first-order chi connectivity index (χ1) is 12.4. The number of nitrogens with one attached hydrogen (secondary N) is 2. The van der Waals surface area contributed by atoms with E-state index >= 15 is 0 Å². The molecule has 0 fully saturated rings. The second-order valence-electron chi connectivity index (χ2n) is 5.82. The maximum Gasteiger partial charge on any atom is 0.255 e. The third-order valence-electron chi connectivity index (χ3n) is 3.71. The molecule has 0 aromatic heterocycles. The maximum atomic E-state index is 12.5. The standard InChI is InChI=1S/C20H18N2O3S/c1-26(24,25)22-18-13-12-17(15-8-4-2-5-9-15)14-19(18)21-20(23)16-10-6-3-7-11-16/h2-14,22H,1H3,(H,21,23). The lowest BCUT2D eigenvalue weighted by Gasteiger charge is -2.14. The molecule has 6 heteroatoms.